The zero-order valence-electron chi connectivity index (χ0n) is 8.17. The molecule has 15 heavy (non-hydrogen) atoms. The summed E-state index contributed by atoms with van der Waals surface area (Å²) in [4.78, 5) is 0. The predicted octanol–water partition coefficient (Wildman–Crippen LogP) is 4.81. The Labute approximate surface area is 110 Å². The molecule has 0 aliphatic heterocycles. The first-order chi connectivity index (χ1) is 7.18. The fourth-order valence-corrected chi connectivity index (χ4v) is 4.73. The predicted molar refractivity (Wildman–Crippen MR) is 71.2 cm³/mol. The second-order valence-corrected chi connectivity index (χ2v) is 7.46. The van der Waals surface area contributed by atoms with E-state index in [1.165, 1.54) is 18.4 Å². The highest BCUT2D eigenvalue weighted by molar-refractivity contribution is 9.12. The summed E-state index contributed by atoms with van der Waals surface area (Å²) in [5.41, 5.74) is 2.16. The van der Waals surface area contributed by atoms with E-state index in [1.807, 2.05) is 6.07 Å². The van der Waals surface area contributed by atoms with E-state index in [9.17, 15) is 5.11 Å². The zero-order chi connectivity index (χ0) is 10.8. The van der Waals surface area contributed by atoms with Crippen LogP contribution in [0.3, 0.4) is 0 Å². The zero-order valence-corrected chi connectivity index (χ0v) is 12.2. The third kappa shape index (κ3) is 2.73. The molecule has 1 aromatic heterocycles. The molecule has 1 atom stereocenters. The molecule has 0 amide bonds. The molecule has 1 nitrogen and oxygen atoms in total. The van der Waals surface area contributed by atoms with Crippen LogP contribution in [-0.4, -0.2) is 5.11 Å². The summed E-state index contributed by atoms with van der Waals surface area (Å²) in [6.45, 7) is 0. The van der Waals surface area contributed by atoms with Crippen LogP contribution in [0.15, 0.2) is 25.3 Å². The number of allylic oxidation sites excluding steroid dienone is 1. The van der Waals surface area contributed by atoms with Crippen molar-refractivity contribution in [1.82, 2.24) is 0 Å². The van der Waals surface area contributed by atoms with Crippen LogP contribution in [0.4, 0.5) is 0 Å². The molecule has 1 aromatic rings. The molecule has 0 fully saturated rings. The van der Waals surface area contributed by atoms with Crippen LogP contribution in [0, 0.1) is 0 Å². The molecular weight excluding hydrogens is 340 g/mol. The first-order valence-electron chi connectivity index (χ1n) is 5.00. The Hall–Kier alpha value is 0.360. The highest BCUT2D eigenvalue weighted by Crippen LogP contribution is 2.39. The maximum atomic E-state index is 10.2. The summed E-state index contributed by atoms with van der Waals surface area (Å²) in [6.07, 6.45) is 6.35. The van der Waals surface area contributed by atoms with E-state index >= 15 is 0 Å². The van der Waals surface area contributed by atoms with Gasteiger partial charge in [-0.2, -0.15) is 0 Å². The second kappa shape index (κ2) is 5.13. The van der Waals surface area contributed by atoms with Crippen LogP contribution >= 0.6 is 43.2 Å². The summed E-state index contributed by atoms with van der Waals surface area (Å²) in [5.74, 6) is 0. The van der Waals surface area contributed by atoms with Crippen molar-refractivity contribution in [2.45, 2.75) is 31.8 Å². The molecule has 1 aliphatic carbocycles. The molecule has 0 bridgehead atoms. The first-order valence-corrected chi connectivity index (χ1v) is 7.40. The van der Waals surface area contributed by atoms with E-state index in [0.717, 1.165) is 26.0 Å². The Morgan fingerprint density at radius 1 is 1.33 bits per heavy atom. The van der Waals surface area contributed by atoms with Gasteiger partial charge in [0.1, 0.15) is 6.10 Å². The number of aliphatic hydroxyl groups excluding tert-OH is 1. The van der Waals surface area contributed by atoms with Crippen molar-refractivity contribution >= 4 is 43.2 Å². The SMILES string of the molecule is OC(C1=CCCCC1)c1cc(Br)sc1Br. The Morgan fingerprint density at radius 3 is 2.67 bits per heavy atom. The number of aliphatic hydroxyl groups is 1. The monoisotopic (exact) mass is 350 g/mol. The van der Waals surface area contributed by atoms with Crippen molar-refractivity contribution in [1.29, 1.82) is 0 Å². The summed E-state index contributed by atoms with van der Waals surface area (Å²) in [7, 11) is 0. The topological polar surface area (TPSA) is 20.2 Å². The van der Waals surface area contributed by atoms with E-state index in [-0.39, 0.29) is 0 Å². The number of halogens is 2. The van der Waals surface area contributed by atoms with Crippen molar-refractivity contribution in [3.63, 3.8) is 0 Å². The molecule has 82 valence electrons. The van der Waals surface area contributed by atoms with Crippen molar-refractivity contribution in [3.05, 3.63) is 30.9 Å². The summed E-state index contributed by atoms with van der Waals surface area (Å²) >= 11 is 8.53. The number of rotatable bonds is 2. The van der Waals surface area contributed by atoms with Crippen molar-refractivity contribution in [3.8, 4) is 0 Å². The molecule has 2 rings (SSSR count). The van der Waals surface area contributed by atoms with E-state index in [2.05, 4.69) is 37.9 Å². The van der Waals surface area contributed by atoms with E-state index in [1.54, 1.807) is 11.3 Å². The maximum absolute atomic E-state index is 10.2. The van der Waals surface area contributed by atoms with E-state index in [0.29, 0.717) is 0 Å². The minimum absolute atomic E-state index is 0.428. The smallest absolute Gasteiger partial charge is 0.102 e. The van der Waals surface area contributed by atoms with Crippen molar-refractivity contribution < 1.29 is 5.11 Å². The largest absolute Gasteiger partial charge is 0.384 e. The molecule has 1 heterocycles. The van der Waals surface area contributed by atoms with Crippen LogP contribution in [0.5, 0.6) is 0 Å². The normalized spacial score (nSPS) is 18.7. The van der Waals surface area contributed by atoms with E-state index < -0.39 is 6.10 Å². The molecule has 0 saturated carbocycles. The lowest BCUT2D eigenvalue weighted by molar-refractivity contribution is 0.208. The Morgan fingerprint density at radius 2 is 2.13 bits per heavy atom. The van der Waals surface area contributed by atoms with Crippen LogP contribution in [0.25, 0.3) is 0 Å². The molecule has 0 spiro atoms. The minimum atomic E-state index is -0.428. The van der Waals surface area contributed by atoms with Gasteiger partial charge in [-0.3, -0.25) is 0 Å². The van der Waals surface area contributed by atoms with Crippen LogP contribution in [0.1, 0.15) is 37.4 Å². The van der Waals surface area contributed by atoms with Gasteiger partial charge < -0.3 is 5.11 Å². The van der Waals surface area contributed by atoms with E-state index in [4.69, 9.17) is 0 Å². The lowest BCUT2D eigenvalue weighted by atomic mass is 9.93. The quantitative estimate of drug-likeness (QED) is 0.758. The fourth-order valence-electron chi connectivity index (χ4n) is 1.85. The third-order valence-corrected chi connectivity index (χ3v) is 5.04. The summed E-state index contributed by atoms with van der Waals surface area (Å²) in [5, 5.41) is 10.2. The standard InChI is InChI=1S/C11H12Br2OS/c12-9-6-8(11(13)15-9)10(14)7-4-2-1-3-5-7/h4,6,10,14H,1-3,5H2. The lowest BCUT2D eigenvalue weighted by Gasteiger charge is -2.18. The average Bonchev–Trinajstić information content (AvgIpc) is 2.58. The minimum Gasteiger partial charge on any atom is -0.384 e. The number of hydrogen-bond acceptors (Lipinski definition) is 2. The van der Waals surface area contributed by atoms with Gasteiger partial charge >= 0.3 is 0 Å². The second-order valence-electron chi connectivity index (χ2n) is 3.71. The molecule has 0 saturated heterocycles. The first kappa shape index (κ1) is 11.8. The van der Waals surface area contributed by atoms with Crippen LogP contribution < -0.4 is 0 Å². The molecule has 1 unspecified atom stereocenters. The highest BCUT2D eigenvalue weighted by atomic mass is 79.9. The van der Waals surface area contributed by atoms with Gasteiger partial charge in [0.25, 0.3) is 0 Å². The van der Waals surface area contributed by atoms with Gasteiger partial charge in [0.15, 0.2) is 0 Å². The number of thiophene rings is 1. The van der Waals surface area contributed by atoms with Gasteiger partial charge in [-0.25, -0.2) is 0 Å². The van der Waals surface area contributed by atoms with Gasteiger partial charge in [0, 0.05) is 5.56 Å². The summed E-state index contributed by atoms with van der Waals surface area (Å²) in [6, 6.07) is 1.99. The van der Waals surface area contributed by atoms with Gasteiger partial charge in [-0.1, -0.05) is 6.08 Å². The Balaban J connectivity index is 2.23. The Bertz CT molecular complexity index is 384. The average molecular weight is 352 g/mol. The van der Waals surface area contributed by atoms with Crippen molar-refractivity contribution in [2.24, 2.45) is 0 Å². The fraction of sp³-hybridized carbons (Fsp3) is 0.455. The number of hydrogen-bond donors (Lipinski definition) is 1. The molecule has 0 radical (unpaired) electrons. The molecule has 1 aliphatic rings. The van der Waals surface area contributed by atoms with Gasteiger partial charge in [0.2, 0.25) is 0 Å². The highest BCUT2D eigenvalue weighted by Gasteiger charge is 2.19. The third-order valence-electron chi connectivity index (χ3n) is 2.65. The molecule has 4 heteroatoms. The lowest BCUT2D eigenvalue weighted by Crippen LogP contribution is -2.04. The molecule has 0 aromatic carbocycles. The molecule has 1 N–H and O–H groups in total. The van der Waals surface area contributed by atoms with Crippen molar-refractivity contribution in [2.75, 3.05) is 0 Å². The Kier molecular flexibility index (Phi) is 4.04. The summed E-state index contributed by atoms with van der Waals surface area (Å²) < 4.78 is 2.08. The van der Waals surface area contributed by atoms with Crippen LogP contribution in [0.2, 0.25) is 0 Å². The van der Waals surface area contributed by atoms with Crippen LogP contribution in [-0.2, 0) is 0 Å². The molecular formula is C11H12Br2OS. The van der Waals surface area contributed by atoms with Gasteiger partial charge in [0.05, 0.1) is 7.57 Å². The van der Waals surface area contributed by atoms with Gasteiger partial charge in [-0.15, -0.1) is 11.3 Å². The maximum Gasteiger partial charge on any atom is 0.102 e. The van der Waals surface area contributed by atoms with Gasteiger partial charge in [-0.05, 0) is 69.2 Å².